The second kappa shape index (κ2) is 23.6. The summed E-state index contributed by atoms with van der Waals surface area (Å²) in [6, 6.07) is 38.8. The SMILES string of the molecule is CCCCCO[C@@H]1O[C@H](COCc2ccccc2)[C@@H](O[C@H]2O[C@@H]3COC(c4ccccc4)O[C@H]3[C@H](O[Si](C)(C)C(C)(C)C)[C@@H]2OCc2ccccc2)[C@H](OCc2ccccc2)[C@H]1N=[N+]=[N-]. The van der Waals surface area contributed by atoms with Crippen LogP contribution in [-0.4, -0.2) is 89.5 Å². The van der Waals surface area contributed by atoms with Crippen molar-refractivity contribution in [2.24, 2.45) is 5.11 Å². The Kier molecular flexibility index (Phi) is 17.8. The number of benzene rings is 4. The highest BCUT2D eigenvalue weighted by molar-refractivity contribution is 6.74. The van der Waals surface area contributed by atoms with Gasteiger partial charge in [-0.25, -0.2) is 0 Å². The van der Waals surface area contributed by atoms with Crippen LogP contribution in [0, 0.1) is 0 Å². The zero-order chi connectivity index (χ0) is 45.7. The maximum absolute atomic E-state index is 10.1. The molecule has 0 saturated carbocycles. The van der Waals surface area contributed by atoms with Crippen LogP contribution in [-0.2, 0) is 66.9 Å². The number of nitrogens with zero attached hydrogens (tertiary/aromatic N) is 3. The Balaban J connectivity index is 1.28. The Morgan fingerprint density at radius 3 is 1.85 bits per heavy atom. The summed E-state index contributed by atoms with van der Waals surface area (Å²) in [6.07, 6.45) is -5.06. The topological polar surface area (TPSA) is 141 Å². The summed E-state index contributed by atoms with van der Waals surface area (Å²) in [5, 5.41) is 4.15. The first kappa shape index (κ1) is 48.9. The van der Waals surface area contributed by atoms with Gasteiger partial charge < -0.3 is 47.1 Å². The van der Waals surface area contributed by atoms with Gasteiger partial charge in [0, 0.05) is 17.1 Å². The van der Waals surface area contributed by atoms with Crippen molar-refractivity contribution in [1.29, 1.82) is 0 Å². The van der Waals surface area contributed by atoms with Crippen LogP contribution in [0.25, 0.3) is 10.4 Å². The Labute approximate surface area is 385 Å². The van der Waals surface area contributed by atoms with Gasteiger partial charge in [0.05, 0.1) is 33.0 Å². The number of hydrogen-bond acceptors (Lipinski definition) is 11. The third-order valence-corrected chi connectivity index (χ3v) is 17.2. The minimum Gasteiger partial charge on any atom is -0.408 e. The van der Waals surface area contributed by atoms with Gasteiger partial charge in [-0.05, 0) is 46.8 Å². The second-order valence-electron chi connectivity index (χ2n) is 18.5. The molecule has 3 aliphatic rings. The number of hydrogen-bond donors (Lipinski definition) is 0. The molecule has 350 valence electrons. The molecule has 0 bridgehead atoms. The van der Waals surface area contributed by atoms with Gasteiger partial charge in [0.15, 0.2) is 27.2 Å². The van der Waals surface area contributed by atoms with Gasteiger partial charge in [-0.15, -0.1) is 0 Å². The van der Waals surface area contributed by atoms with Crippen molar-refractivity contribution in [1.82, 2.24) is 0 Å². The van der Waals surface area contributed by atoms with Crippen LogP contribution in [0.1, 0.15) is 75.5 Å². The molecular formula is C51H67N3O10Si. The van der Waals surface area contributed by atoms with E-state index in [9.17, 15) is 5.53 Å². The minimum atomic E-state index is -2.53. The van der Waals surface area contributed by atoms with Crippen molar-refractivity contribution in [3.05, 3.63) is 154 Å². The van der Waals surface area contributed by atoms with E-state index < -0.39 is 76.0 Å². The van der Waals surface area contributed by atoms with Crippen molar-refractivity contribution in [2.45, 2.75) is 153 Å². The van der Waals surface area contributed by atoms with Crippen molar-refractivity contribution in [3.63, 3.8) is 0 Å². The fraction of sp³-hybridized carbons (Fsp3) is 0.529. The molecule has 3 saturated heterocycles. The smallest absolute Gasteiger partial charge is 0.192 e. The van der Waals surface area contributed by atoms with E-state index in [1.54, 1.807) is 0 Å². The molecule has 0 N–H and O–H groups in total. The van der Waals surface area contributed by atoms with E-state index in [1.807, 2.05) is 121 Å². The lowest BCUT2D eigenvalue weighted by Crippen LogP contribution is -2.68. The normalized spacial score (nSPS) is 28.2. The summed E-state index contributed by atoms with van der Waals surface area (Å²) in [4.78, 5) is 3.30. The monoisotopic (exact) mass is 909 g/mol. The summed E-state index contributed by atoms with van der Waals surface area (Å²) < 4.78 is 68.5. The van der Waals surface area contributed by atoms with Gasteiger partial charge in [-0.3, -0.25) is 0 Å². The first-order valence-corrected chi connectivity index (χ1v) is 26.0. The van der Waals surface area contributed by atoms with Crippen LogP contribution in [0.5, 0.6) is 0 Å². The van der Waals surface area contributed by atoms with Crippen LogP contribution >= 0.6 is 0 Å². The summed E-state index contributed by atoms with van der Waals surface area (Å²) in [7, 11) is -2.53. The Bertz CT molecular complexity index is 2040. The van der Waals surface area contributed by atoms with Crippen molar-refractivity contribution in [2.75, 3.05) is 19.8 Å². The van der Waals surface area contributed by atoms with Crippen LogP contribution in [0.2, 0.25) is 18.1 Å². The van der Waals surface area contributed by atoms with E-state index in [1.165, 1.54) is 0 Å². The molecule has 1 unspecified atom stereocenters. The van der Waals surface area contributed by atoms with E-state index in [2.05, 4.69) is 50.8 Å². The lowest BCUT2D eigenvalue weighted by molar-refractivity contribution is -0.385. The number of rotatable bonds is 21. The molecule has 3 fully saturated rings. The first-order valence-electron chi connectivity index (χ1n) is 23.1. The fourth-order valence-electron chi connectivity index (χ4n) is 8.07. The Hall–Kier alpha value is -3.99. The number of fused-ring (bicyclic) bond motifs is 1. The fourth-order valence-corrected chi connectivity index (χ4v) is 9.37. The third-order valence-electron chi connectivity index (χ3n) is 12.7. The Morgan fingerprint density at radius 1 is 0.677 bits per heavy atom. The van der Waals surface area contributed by atoms with Gasteiger partial charge >= 0.3 is 0 Å². The van der Waals surface area contributed by atoms with Crippen LogP contribution in [0.4, 0.5) is 0 Å². The largest absolute Gasteiger partial charge is 0.408 e. The zero-order valence-electron chi connectivity index (χ0n) is 38.7. The van der Waals surface area contributed by atoms with Crippen molar-refractivity contribution >= 4 is 8.32 Å². The van der Waals surface area contributed by atoms with Crippen molar-refractivity contribution < 1.29 is 47.1 Å². The molecule has 0 spiro atoms. The molecular weight excluding hydrogens is 843 g/mol. The van der Waals surface area contributed by atoms with E-state index in [0.717, 1.165) is 41.5 Å². The molecule has 65 heavy (non-hydrogen) atoms. The van der Waals surface area contributed by atoms with Gasteiger partial charge in [-0.2, -0.15) is 0 Å². The first-order chi connectivity index (χ1) is 31.5. The highest BCUT2D eigenvalue weighted by Crippen LogP contribution is 2.44. The van der Waals surface area contributed by atoms with E-state index in [-0.39, 0.29) is 31.5 Å². The quantitative estimate of drug-likeness (QED) is 0.0261. The number of azide groups is 1. The molecule has 3 aliphatic heterocycles. The second-order valence-corrected chi connectivity index (χ2v) is 23.3. The average molecular weight is 910 g/mol. The minimum absolute atomic E-state index is 0.103. The summed E-state index contributed by atoms with van der Waals surface area (Å²) in [5.74, 6) is 0. The summed E-state index contributed by atoms with van der Waals surface area (Å²) in [6.45, 7) is 14.7. The molecule has 4 aromatic rings. The maximum Gasteiger partial charge on any atom is 0.192 e. The molecule has 7 rings (SSSR count). The van der Waals surface area contributed by atoms with Crippen LogP contribution in [0.3, 0.4) is 0 Å². The van der Waals surface area contributed by atoms with E-state index >= 15 is 0 Å². The molecule has 0 aromatic heterocycles. The van der Waals surface area contributed by atoms with E-state index in [0.29, 0.717) is 13.2 Å². The molecule has 13 nitrogen and oxygen atoms in total. The van der Waals surface area contributed by atoms with Crippen LogP contribution in [0.15, 0.2) is 126 Å². The molecule has 0 radical (unpaired) electrons. The van der Waals surface area contributed by atoms with E-state index in [4.69, 9.17) is 47.1 Å². The lowest BCUT2D eigenvalue weighted by atomic mass is 9.95. The molecule has 14 heteroatoms. The van der Waals surface area contributed by atoms with Crippen LogP contribution < -0.4 is 0 Å². The molecule has 0 aliphatic carbocycles. The number of ether oxygens (including phenoxy) is 9. The summed E-state index contributed by atoms with van der Waals surface area (Å²) in [5.41, 5.74) is 13.9. The highest BCUT2D eigenvalue weighted by Gasteiger charge is 2.57. The zero-order valence-corrected chi connectivity index (χ0v) is 39.7. The van der Waals surface area contributed by atoms with Gasteiger partial charge in [0.2, 0.25) is 0 Å². The summed E-state index contributed by atoms with van der Waals surface area (Å²) >= 11 is 0. The predicted molar refractivity (Wildman–Crippen MR) is 249 cm³/mol. The average Bonchev–Trinajstić information content (AvgIpc) is 3.31. The molecule has 0 amide bonds. The Morgan fingerprint density at radius 2 is 1.26 bits per heavy atom. The molecule has 11 atom stereocenters. The predicted octanol–water partition coefficient (Wildman–Crippen LogP) is 10.6. The van der Waals surface area contributed by atoms with Gasteiger partial charge in [0.1, 0.15) is 48.8 Å². The van der Waals surface area contributed by atoms with Crippen molar-refractivity contribution in [3.8, 4) is 0 Å². The molecule has 4 aromatic carbocycles. The standard InChI is InChI=1S/C51H67N3O10Si/c1-7-8-21-30-56-49-42(53-54-52)45(57-32-37-24-15-10-16-25-37)43(40(60-49)34-55-31-36-22-13-9-14-23-36)63-50-47(58-33-38-26-17-11-18-27-38)46(64-65(5,6)51(2,3)4)44-41(61-50)35-59-48(62-44)39-28-19-12-20-29-39/h9-20,22-29,40-50H,7-8,21,30-35H2,1-6H3/t40-,41-,42-,43-,44-,45-,46+,47+,48?,49-,50-/m1/s1. The number of unbranched alkanes of at least 4 members (excludes halogenated alkanes) is 2. The third kappa shape index (κ3) is 13.1. The van der Waals surface area contributed by atoms with Gasteiger partial charge in [0.25, 0.3) is 0 Å². The molecule has 3 heterocycles. The maximum atomic E-state index is 10.1. The highest BCUT2D eigenvalue weighted by atomic mass is 28.4. The van der Waals surface area contributed by atoms with Gasteiger partial charge in [-0.1, -0.05) is 167 Å². The lowest BCUT2D eigenvalue weighted by Gasteiger charge is -2.53.